The van der Waals surface area contributed by atoms with E-state index in [9.17, 15) is 0 Å². The summed E-state index contributed by atoms with van der Waals surface area (Å²) >= 11 is 0. The number of hydrogen-bond acceptors (Lipinski definition) is 2. The van der Waals surface area contributed by atoms with Gasteiger partial charge in [0, 0.05) is 23.3 Å². The Kier molecular flexibility index (Phi) is 4.64. The number of fused-ring (bicyclic) bond motifs is 1. The Labute approximate surface area is 122 Å². The minimum atomic E-state index is 0.683. The molecule has 0 unspecified atom stereocenters. The lowest BCUT2D eigenvalue weighted by Gasteiger charge is -2.26. The summed E-state index contributed by atoms with van der Waals surface area (Å²) in [4.78, 5) is 4.59. The third-order valence-corrected chi connectivity index (χ3v) is 4.09. The van der Waals surface area contributed by atoms with Crippen molar-refractivity contribution >= 4 is 16.6 Å². The van der Waals surface area contributed by atoms with Gasteiger partial charge in [0.1, 0.15) is 0 Å². The zero-order valence-corrected chi connectivity index (χ0v) is 13.3. The van der Waals surface area contributed by atoms with Crippen LogP contribution >= 0.6 is 0 Å². The van der Waals surface area contributed by atoms with Gasteiger partial charge in [-0.1, -0.05) is 45.9 Å². The second-order valence-corrected chi connectivity index (χ2v) is 6.36. The Morgan fingerprint density at radius 1 is 1.05 bits per heavy atom. The van der Waals surface area contributed by atoms with E-state index in [1.807, 2.05) is 6.07 Å². The lowest BCUT2D eigenvalue weighted by atomic mass is 9.85. The van der Waals surface area contributed by atoms with Crippen LogP contribution in [0.1, 0.15) is 33.4 Å². The number of benzene rings is 1. The SMILES string of the molecule is Cc1cc(NCC(C(C)C)C(C)C)c2ccccc2n1. The highest BCUT2D eigenvalue weighted by molar-refractivity contribution is 5.91. The zero-order chi connectivity index (χ0) is 14.7. The third kappa shape index (κ3) is 3.30. The van der Waals surface area contributed by atoms with Crippen molar-refractivity contribution < 1.29 is 0 Å². The Balaban J connectivity index is 2.25. The summed E-state index contributed by atoms with van der Waals surface area (Å²) in [5.41, 5.74) is 3.34. The second kappa shape index (κ2) is 6.25. The summed E-state index contributed by atoms with van der Waals surface area (Å²) in [7, 11) is 0. The number of nitrogens with zero attached hydrogens (tertiary/aromatic N) is 1. The fourth-order valence-electron chi connectivity index (χ4n) is 2.92. The van der Waals surface area contributed by atoms with Crippen LogP contribution in [0.3, 0.4) is 0 Å². The first-order valence-electron chi connectivity index (χ1n) is 7.59. The fourth-order valence-corrected chi connectivity index (χ4v) is 2.92. The van der Waals surface area contributed by atoms with Gasteiger partial charge in [0.05, 0.1) is 5.52 Å². The molecule has 2 heteroatoms. The second-order valence-electron chi connectivity index (χ2n) is 6.36. The molecule has 0 aliphatic heterocycles. The number of rotatable bonds is 5. The smallest absolute Gasteiger partial charge is 0.0725 e. The van der Waals surface area contributed by atoms with Gasteiger partial charge in [-0.2, -0.15) is 0 Å². The molecule has 0 aliphatic carbocycles. The van der Waals surface area contributed by atoms with Gasteiger partial charge in [-0.15, -0.1) is 0 Å². The van der Waals surface area contributed by atoms with Gasteiger partial charge in [0.25, 0.3) is 0 Å². The molecule has 1 aromatic carbocycles. The molecule has 0 aliphatic rings. The van der Waals surface area contributed by atoms with Crippen molar-refractivity contribution in [2.24, 2.45) is 17.8 Å². The summed E-state index contributed by atoms with van der Waals surface area (Å²) in [5, 5.41) is 4.86. The summed E-state index contributed by atoms with van der Waals surface area (Å²) < 4.78 is 0. The largest absolute Gasteiger partial charge is 0.384 e. The minimum absolute atomic E-state index is 0.683. The summed E-state index contributed by atoms with van der Waals surface area (Å²) in [6.07, 6.45) is 0. The van der Waals surface area contributed by atoms with E-state index in [1.54, 1.807) is 0 Å². The first kappa shape index (κ1) is 14.8. The zero-order valence-electron chi connectivity index (χ0n) is 13.3. The van der Waals surface area contributed by atoms with Crippen molar-refractivity contribution in [1.29, 1.82) is 0 Å². The highest BCUT2D eigenvalue weighted by Gasteiger charge is 2.17. The first-order valence-corrected chi connectivity index (χ1v) is 7.59. The molecule has 2 aromatic rings. The van der Waals surface area contributed by atoms with Gasteiger partial charge < -0.3 is 5.32 Å². The molecule has 0 saturated heterocycles. The van der Waals surface area contributed by atoms with E-state index in [0.717, 1.165) is 17.8 Å². The quantitative estimate of drug-likeness (QED) is 0.837. The first-order chi connectivity index (χ1) is 9.49. The predicted molar refractivity (Wildman–Crippen MR) is 88.1 cm³/mol. The molecule has 2 rings (SSSR count). The molecule has 1 aromatic heterocycles. The Hall–Kier alpha value is -1.57. The van der Waals surface area contributed by atoms with E-state index in [2.05, 4.69) is 69.2 Å². The highest BCUT2D eigenvalue weighted by atomic mass is 14.9. The van der Waals surface area contributed by atoms with Gasteiger partial charge in [0.2, 0.25) is 0 Å². The molecule has 0 fully saturated rings. The number of hydrogen-bond donors (Lipinski definition) is 1. The van der Waals surface area contributed by atoms with E-state index in [0.29, 0.717) is 17.8 Å². The van der Waals surface area contributed by atoms with Crippen LogP contribution in [0, 0.1) is 24.7 Å². The van der Waals surface area contributed by atoms with Gasteiger partial charge in [-0.25, -0.2) is 0 Å². The van der Waals surface area contributed by atoms with E-state index in [4.69, 9.17) is 0 Å². The number of pyridine rings is 1. The molecule has 0 spiro atoms. The van der Waals surface area contributed by atoms with Crippen LogP contribution < -0.4 is 5.32 Å². The number of aryl methyl sites for hydroxylation is 1. The van der Waals surface area contributed by atoms with Gasteiger partial charge in [0.15, 0.2) is 0 Å². The minimum Gasteiger partial charge on any atom is -0.384 e. The summed E-state index contributed by atoms with van der Waals surface area (Å²) in [6, 6.07) is 10.5. The highest BCUT2D eigenvalue weighted by Crippen LogP contribution is 2.25. The van der Waals surface area contributed by atoms with Crippen LogP contribution in [-0.2, 0) is 0 Å². The molecular formula is C18H26N2. The van der Waals surface area contributed by atoms with Gasteiger partial charge in [-0.05, 0) is 36.8 Å². The van der Waals surface area contributed by atoms with Crippen molar-refractivity contribution in [3.05, 3.63) is 36.0 Å². The van der Waals surface area contributed by atoms with Crippen molar-refractivity contribution in [3.8, 4) is 0 Å². The predicted octanol–water partition coefficient (Wildman–Crippen LogP) is 4.88. The van der Waals surface area contributed by atoms with Crippen LogP contribution in [0.4, 0.5) is 5.69 Å². The maximum atomic E-state index is 4.59. The average Bonchev–Trinajstić information content (AvgIpc) is 2.37. The Morgan fingerprint density at radius 2 is 1.70 bits per heavy atom. The van der Waals surface area contributed by atoms with Crippen molar-refractivity contribution in [3.63, 3.8) is 0 Å². The van der Waals surface area contributed by atoms with Crippen molar-refractivity contribution in [2.45, 2.75) is 34.6 Å². The molecule has 2 nitrogen and oxygen atoms in total. The summed E-state index contributed by atoms with van der Waals surface area (Å²) in [6.45, 7) is 12.3. The third-order valence-electron chi connectivity index (χ3n) is 4.09. The van der Waals surface area contributed by atoms with Crippen molar-refractivity contribution in [1.82, 2.24) is 4.98 Å². The molecule has 0 atom stereocenters. The average molecular weight is 270 g/mol. The molecule has 1 heterocycles. The fraction of sp³-hybridized carbons (Fsp3) is 0.500. The summed E-state index contributed by atoms with van der Waals surface area (Å²) in [5.74, 6) is 2.07. The molecule has 0 saturated carbocycles. The molecule has 20 heavy (non-hydrogen) atoms. The maximum absolute atomic E-state index is 4.59. The normalized spacial score (nSPS) is 11.8. The van der Waals surface area contributed by atoms with E-state index in [-0.39, 0.29) is 0 Å². The van der Waals surface area contributed by atoms with Gasteiger partial charge in [-0.3, -0.25) is 4.98 Å². The molecule has 0 amide bonds. The molecule has 108 valence electrons. The van der Waals surface area contributed by atoms with Crippen LogP contribution in [0.5, 0.6) is 0 Å². The molecule has 1 N–H and O–H groups in total. The lowest BCUT2D eigenvalue weighted by Crippen LogP contribution is -2.24. The number of nitrogens with one attached hydrogen (secondary N) is 1. The Bertz CT molecular complexity index is 565. The molecule has 0 bridgehead atoms. The van der Waals surface area contributed by atoms with E-state index < -0.39 is 0 Å². The lowest BCUT2D eigenvalue weighted by molar-refractivity contribution is 0.304. The topological polar surface area (TPSA) is 24.9 Å². The van der Waals surface area contributed by atoms with Crippen LogP contribution in [0.25, 0.3) is 10.9 Å². The standard InChI is InChI=1S/C18H26N2/c1-12(2)16(13(3)4)11-19-18-10-14(5)20-17-9-7-6-8-15(17)18/h6-10,12-13,16H,11H2,1-5H3,(H,19,20). The number of anilines is 1. The van der Waals surface area contributed by atoms with E-state index >= 15 is 0 Å². The molecular weight excluding hydrogens is 244 g/mol. The van der Waals surface area contributed by atoms with Crippen molar-refractivity contribution in [2.75, 3.05) is 11.9 Å². The van der Waals surface area contributed by atoms with Gasteiger partial charge >= 0.3 is 0 Å². The number of aromatic nitrogens is 1. The van der Waals surface area contributed by atoms with Crippen LogP contribution in [0.15, 0.2) is 30.3 Å². The molecule has 0 radical (unpaired) electrons. The van der Waals surface area contributed by atoms with Crippen LogP contribution in [-0.4, -0.2) is 11.5 Å². The van der Waals surface area contributed by atoms with Crippen LogP contribution in [0.2, 0.25) is 0 Å². The maximum Gasteiger partial charge on any atom is 0.0725 e. The monoisotopic (exact) mass is 270 g/mol. The van der Waals surface area contributed by atoms with E-state index in [1.165, 1.54) is 11.1 Å². The Morgan fingerprint density at radius 3 is 2.35 bits per heavy atom. The number of para-hydroxylation sites is 1.